The van der Waals surface area contributed by atoms with Crippen molar-refractivity contribution in [2.24, 2.45) is 0 Å². The lowest BCUT2D eigenvalue weighted by molar-refractivity contribution is 1.18. The van der Waals surface area contributed by atoms with Gasteiger partial charge in [-0.25, -0.2) is 0 Å². The van der Waals surface area contributed by atoms with Gasteiger partial charge in [-0.3, -0.25) is 0 Å². The van der Waals surface area contributed by atoms with Crippen LogP contribution in [0.25, 0.3) is 114 Å². The third-order valence-corrected chi connectivity index (χ3v) is 11.9. The second-order valence-electron chi connectivity index (χ2n) is 14.8. The summed E-state index contributed by atoms with van der Waals surface area (Å²) >= 11 is 0. The maximum absolute atomic E-state index is 2.52. The summed E-state index contributed by atoms with van der Waals surface area (Å²) in [4.78, 5) is 0. The molecule has 0 bridgehead atoms. The van der Waals surface area contributed by atoms with Crippen LogP contribution >= 0.6 is 0 Å². The van der Waals surface area contributed by atoms with Crippen molar-refractivity contribution in [1.82, 2.24) is 4.57 Å². The molecule has 1 nitrogen and oxygen atoms in total. The van der Waals surface area contributed by atoms with Crippen LogP contribution in [-0.2, 0) is 0 Å². The average Bonchev–Trinajstić information content (AvgIpc) is 3.60. The molecule has 0 aliphatic heterocycles. The molecular formula is C54H33N. The first-order valence-corrected chi connectivity index (χ1v) is 19.1. The molecule has 55 heavy (non-hydrogen) atoms. The Hall–Kier alpha value is -7.22. The zero-order valence-corrected chi connectivity index (χ0v) is 30.0. The zero-order valence-electron chi connectivity index (χ0n) is 30.0. The van der Waals surface area contributed by atoms with E-state index in [1.54, 1.807) is 0 Å². The molecule has 0 aliphatic carbocycles. The van der Waals surface area contributed by atoms with Crippen molar-refractivity contribution in [3.05, 3.63) is 200 Å². The number of aromatic nitrogens is 1. The molecule has 0 N–H and O–H groups in total. The molecule has 0 fully saturated rings. The van der Waals surface area contributed by atoms with Gasteiger partial charge < -0.3 is 4.57 Å². The number of para-hydroxylation sites is 1. The van der Waals surface area contributed by atoms with Crippen LogP contribution in [0.3, 0.4) is 0 Å². The van der Waals surface area contributed by atoms with Crippen LogP contribution in [-0.4, -0.2) is 4.57 Å². The van der Waals surface area contributed by atoms with Gasteiger partial charge in [-0.1, -0.05) is 164 Å². The van der Waals surface area contributed by atoms with E-state index in [4.69, 9.17) is 0 Å². The number of hydrogen-bond donors (Lipinski definition) is 0. The molecule has 1 aromatic heterocycles. The predicted octanol–water partition coefficient (Wildman–Crippen LogP) is 15.0. The van der Waals surface area contributed by atoms with Gasteiger partial charge in [0.05, 0.1) is 11.0 Å². The van der Waals surface area contributed by atoms with Crippen LogP contribution in [0.1, 0.15) is 0 Å². The minimum atomic E-state index is 1.15. The van der Waals surface area contributed by atoms with E-state index in [1.165, 1.54) is 109 Å². The van der Waals surface area contributed by atoms with E-state index in [0.717, 1.165) is 5.69 Å². The van der Waals surface area contributed by atoms with Crippen LogP contribution in [0.15, 0.2) is 200 Å². The highest BCUT2D eigenvalue weighted by molar-refractivity contribution is 6.33. The van der Waals surface area contributed by atoms with Crippen molar-refractivity contribution >= 4 is 86.4 Å². The average molecular weight is 696 g/mol. The van der Waals surface area contributed by atoms with E-state index in [1.807, 2.05) is 0 Å². The number of benzene rings is 11. The third kappa shape index (κ3) is 4.35. The standard InChI is InChI=1S/C54H33N/c1-2-18-36(19-3-1)55-51-32-49(47-30-34-16-4-6-20-37(34)39-22-8-10-24-41(39)47)43-26-12-14-28-45(43)53(51)54-46-29-15-13-27-44(46)50(33-52(54)55)48-31-35-17-5-7-21-38(35)40-23-9-11-25-42(40)48/h1-33H. The molecule has 254 valence electrons. The topological polar surface area (TPSA) is 4.93 Å². The Labute approximate surface area is 317 Å². The number of hydrogen-bond acceptors (Lipinski definition) is 0. The molecule has 0 saturated carbocycles. The van der Waals surface area contributed by atoms with Crippen LogP contribution in [0.4, 0.5) is 0 Å². The molecule has 0 amide bonds. The van der Waals surface area contributed by atoms with Crippen molar-refractivity contribution in [2.75, 3.05) is 0 Å². The van der Waals surface area contributed by atoms with Crippen molar-refractivity contribution in [1.29, 1.82) is 0 Å². The number of rotatable bonds is 3. The zero-order chi connectivity index (χ0) is 36.0. The fraction of sp³-hybridized carbons (Fsp3) is 0. The van der Waals surface area contributed by atoms with Crippen LogP contribution < -0.4 is 0 Å². The Morgan fingerprint density at radius 2 is 0.545 bits per heavy atom. The van der Waals surface area contributed by atoms with Crippen molar-refractivity contribution in [3.8, 4) is 27.9 Å². The molecule has 1 heteroatoms. The largest absolute Gasteiger partial charge is 0.309 e. The maximum atomic E-state index is 2.52. The van der Waals surface area contributed by atoms with Crippen LogP contribution in [0, 0.1) is 0 Å². The second-order valence-corrected chi connectivity index (χ2v) is 14.8. The highest BCUT2D eigenvalue weighted by Gasteiger charge is 2.23. The Morgan fingerprint density at radius 3 is 0.982 bits per heavy atom. The van der Waals surface area contributed by atoms with E-state index in [9.17, 15) is 0 Å². The fourth-order valence-electron chi connectivity index (χ4n) is 9.58. The van der Waals surface area contributed by atoms with Gasteiger partial charge in [-0.15, -0.1) is 0 Å². The predicted molar refractivity (Wildman–Crippen MR) is 237 cm³/mol. The summed E-state index contributed by atoms with van der Waals surface area (Å²) in [5.74, 6) is 0. The van der Waals surface area contributed by atoms with Crippen LogP contribution in [0.2, 0.25) is 0 Å². The summed E-state index contributed by atoms with van der Waals surface area (Å²) in [5, 5.41) is 17.8. The Bertz CT molecular complexity index is 3320. The molecule has 11 aromatic carbocycles. The van der Waals surface area contributed by atoms with Gasteiger partial charge >= 0.3 is 0 Å². The van der Waals surface area contributed by atoms with E-state index in [0.29, 0.717) is 0 Å². The lowest BCUT2D eigenvalue weighted by Gasteiger charge is -2.15. The van der Waals surface area contributed by atoms with Gasteiger partial charge in [0.25, 0.3) is 0 Å². The molecule has 0 radical (unpaired) electrons. The smallest absolute Gasteiger partial charge is 0.0553 e. The lowest BCUT2D eigenvalue weighted by Crippen LogP contribution is -1.95. The highest BCUT2D eigenvalue weighted by atomic mass is 15.0. The van der Waals surface area contributed by atoms with E-state index >= 15 is 0 Å². The maximum Gasteiger partial charge on any atom is 0.0553 e. The van der Waals surface area contributed by atoms with Gasteiger partial charge in [-0.2, -0.15) is 0 Å². The second kappa shape index (κ2) is 11.6. The summed E-state index contributed by atoms with van der Waals surface area (Å²) in [7, 11) is 0. The molecule has 0 unspecified atom stereocenters. The number of fused-ring (bicyclic) bond motifs is 13. The summed E-state index contributed by atoms with van der Waals surface area (Å²) in [6.45, 7) is 0. The number of nitrogens with zero attached hydrogens (tertiary/aromatic N) is 1. The minimum Gasteiger partial charge on any atom is -0.309 e. The van der Waals surface area contributed by atoms with Gasteiger partial charge in [0, 0.05) is 16.5 Å². The minimum absolute atomic E-state index is 1.15. The molecule has 1 heterocycles. The molecular weight excluding hydrogens is 663 g/mol. The summed E-state index contributed by atoms with van der Waals surface area (Å²) < 4.78 is 2.52. The van der Waals surface area contributed by atoms with E-state index in [-0.39, 0.29) is 0 Å². The van der Waals surface area contributed by atoms with Gasteiger partial charge in [0.1, 0.15) is 0 Å². The SMILES string of the molecule is c1ccc(-n2c3cc(-c4cc5ccccc5c5ccccc45)c4ccccc4c3c3c4ccccc4c(-c4cc5ccccc5c5ccccc45)cc32)cc1. The first-order valence-electron chi connectivity index (χ1n) is 19.1. The van der Waals surface area contributed by atoms with E-state index < -0.39 is 0 Å². The Morgan fingerprint density at radius 1 is 0.236 bits per heavy atom. The first-order chi connectivity index (χ1) is 27.3. The molecule has 12 rings (SSSR count). The van der Waals surface area contributed by atoms with Crippen molar-refractivity contribution in [2.45, 2.75) is 0 Å². The quantitative estimate of drug-likeness (QED) is 0.162. The Kier molecular flexibility index (Phi) is 6.40. The Balaban J connectivity index is 1.29. The third-order valence-electron chi connectivity index (χ3n) is 11.9. The molecule has 0 atom stereocenters. The molecule has 0 spiro atoms. The van der Waals surface area contributed by atoms with Gasteiger partial charge in [0.2, 0.25) is 0 Å². The summed E-state index contributed by atoms with van der Waals surface area (Å²) in [5.41, 5.74) is 8.56. The van der Waals surface area contributed by atoms with Gasteiger partial charge in [0.15, 0.2) is 0 Å². The highest BCUT2D eigenvalue weighted by Crippen LogP contribution is 2.48. The summed E-state index contributed by atoms with van der Waals surface area (Å²) in [6, 6.07) is 74.1. The van der Waals surface area contributed by atoms with Crippen molar-refractivity contribution < 1.29 is 0 Å². The van der Waals surface area contributed by atoms with Gasteiger partial charge in [-0.05, 0) is 123 Å². The molecule has 12 aromatic rings. The molecule has 0 saturated heterocycles. The van der Waals surface area contributed by atoms with Crippen molar-refractivity contribution in [3.63, 3.8) is 0 Å². The lowest BCUT2D eigenvalue weighted by atomic mass is 9.88. The van der Waals surface area contributed by atoms with E-state index in [2.05, 4.69) is 205 Å². The van der Waals surface area contributed by atoms with Crippen LogP contribution in [0.5, 0.6) is 0 Å². The first kappa shape index (κ1) is 30.3. The summed E-state index contributed by atoms with van der Waals surface area (Å²) in [6.07, 6.45) is 0. The monoisotopic (exact) mass is 695 g/mol. The normalized spacial score (nSPS) is 12.0. The molecule has 0 aliphatic rings. The fourth-order valence-corrected chi connectivity index (χ4v) is 9.58.